The van der Waals surface area contributed by atoms with Crippen LogP contribution in [0.2, 0.25) is 0 Å². The van der Waals surface area contributed by atoms with Crippen molar-refractivity contribution in [3.8, 4) is 5.75 Å². The number of rotatable bonds is 11. The third-order valence-corrected chi connectivity index (χ3v) is 4.15. The fraction of sp³-hybridized carbons (Fsp3) is 0.500. The van der Waals surface area contributed by atoms with Crippen LogP contribution in [0.25, 0.3) is 0 Å². The van der Waals surface area contributed by atoms with Crippen LogP contribution in [0.1, 0.15) is 20.7 Å². The number of ether oxygens (including phenoxy) is 3. The molecular formula is C16H5ClF16O6. The highest BCUT2D eigenvalue weighted by Crippen LogP contribution is 2.55. The number of halogens is 17. The van der Waals surface area contributed by atoms with Crippen LogP contribution in [-0.2, 0) is 9.47 Å². The number of benzene rings is 1. The Morgan fingerprint density at radius 2 is 1.28 bits per heavy atom. The normalized spacial score (nSPS) is 16.4. The zero-order chi connectivity index (χ0) is 31.2. The fourth-order valence-corrected chi connectivity index (χ4v) is 2.18. The quantitative estimate of drug-likeness (QED) is 0.217. The van der Waals surface area contributed by atoms with Gasteiger partial charge in [0.2, 0.25) is 0 Å². The molecule has 0 spiro atoms. The lowest BCUT2D eigenvalue weighted by Crippen LogP contribution is -2.66. The van der Waals surface area contributed by atoms with Gasteiger partial charge in [0.15, 0.2) is 0 Å². The zero-order valence-corrected chi connectivity index (χ0v) is 18.0. The standard InChI is InChI=1S/C16H5ClF16O6/c17-7(34)4-1-2-5(8(35)36)6(3-4)37-10(19,20)9(18)38-16(32,33)12(23,14(27,28)29)39-15(30,31)11(21,22)13(24,25)26/h1-3,9H,(H,35,36). The second kappa shape index (κ2) is 10.3. The molecule has 0 amide bonds. The SMILES string of the molecule is O=C(Cl)c1ccc(C(=O)O)c(OC(F)(F)C(F)OC(F)(F)C(F)(OC(F)(F)C(F)(F)C(F)(F)F)C(F)(F)F)c1. The van der Waals surface area contributed by atoms with Gasteiger partial charge < -0.3 is 9.84 Å². The lowest BCUT2D eigenvalue weighted by atomic mass is 10.1. The second-order valence-corrected chi connectivity index (χ2v) is 7.03. The maximum Gasteiger partial charge on any atom is 0.462 e. The Kier molecular flexibility index (Phi) is 9.08. The Hall–Kier alpha value is -2.75. The minimum Gasteiger partial charge on any atom is -0.478 e. The molecule has 0 radical (unpaired) electrons. The largest absolute Gasteiger partial charge is 0.478 e. The molecule has 0 saturated heterocycles. The summed E-state index contributed by atoms with van der Waals surface area (Å²) < 4.78 is 217. The summed E-state index contributed by atoms with van der Waals surface area (Å²) in [5.74, 6) is -19.8. The molecule has 39 heavy (non-hydrogen) atoms. The third kappa shape index (κ3) is 6.70. The summed E-state index contributed by atoms with van der Waals surface area (Å²) in [5.41, 5.74) is -2.35. The third-order valence-electron chi connectivity index (χ3n) is 3.93. The highest BCUT2D eigenvalue weighted by molar-refractivity contribution is 6.67. The summed E-state index contributed by atoms with van der Waals surface area (Å²) >= 11 is 4.96. The molecule has 0 saturated carbocycles. The van der Waals surface area contributed by atoms with Crippen molar-refractivity contribution in [3.05, 3.63) is 29.3 Å². The molecule has 0 fully saturated rings. The molecule has 1 aromatic rings. The Balaban J connectivity index is 3.48. The van der Waals surface area contributed by atoms with E-state index >= 15 is 0 Å². The smallest absolute Gasteiger partial charge is 0.462 e. The van der Waals surface area contributed by atoms with E-state index in [1.54, 1.807) is 0 Å². The van der Waals surface area contributed by atoms with E-state index in [2.05, 4.69) is 9.47 Å². The number of hydrogen-bond acceptors (Lipinski definition) is 5. The predicted octanol–water partition coefficient (Wildman–Crippen LogP) is 6.68. The van der Waals surface area contributed by atoms with E-state index in [0.717, 1.165) is 0 Å². The van der Waals surface area contributed by atoms with Gasteiger partial charge in [0.25, 0.3) is 5.24 Å². The zero-order valence-electron chi connectivity index (χ0n) is 17.2. The van der Waals surface area contributed by atoms with E-state index in [1.807, 2.05) is 0 Å². The van der Waals surface area contributed by atoms with E-state index in [9.17, 15) is 79.8 Å². The topological polar surface area (TPSA) is 82.1 Å². The lowest BCUT2D eigenvalue weighted by molar-refractivity contribution is -0.543. The number of carboxylic acid groups (broad SMARTS) is 1. The molecule has 2 atom stereocenters. The van der Waals surface area contributed by atoms with Crippen LogP contribution in [0, 0.1) is 0 Å². The van der Waals surface area contributed by atoms with Crippen LogP contribution in [0.3, 0.4) is 0 Å². The van der Waals surface area contributed by atoms with Gasteiger partial charge in [-0.15, -0.1) is 0 Å². The van der Waals surface area contributed by atoms with E-state index in [1.165, 1.54) is 4.74 Å². The number of aromatic carboxylic acids is 1. The summed E-state index contributed by atoms with van der Waals surface area (Å²) in [6, 6.07) is 0.769. The first-order chi connectivity index (χ1) is 17.0. The van der Waals surface area contributed by atoms with E-state index in [-0.39, 0.29) is 12.1 Å². The van der Waals surface area contributed by atoms with Crippen LogP contribution in [-0.4, -0.2) is 65.1 Å². The lowest BCUT2D eigenvalue weighted by Gasteiger charge is -2.38. The predicted molar refractivity (Wildman–Crippen MR) is 87.0 cm³/mol. The molecule has 1 rings (SSSR count). The number of carboxylic acids is 1. The van der Waals surface area contributed by atoms with Gasteiger partial charge in [-0.25, -0.2) is 9.18 Å². The van der Waals surface area contributed by atoms with Gasteiger partial charge in [0, 0.05) is 5.56 Å². The van der Waals surface area contributed by atoms with Crippen molar-refractivity contribution >= 4 is 22.8 Å². The van der Waals surface area contributed by atoms with E-state index in [4.69, 9.17) is 16.7 Å². The molecule has 0 aliphatic heterocycles. The van der Waals surface area contributed by atoms with Gasteiger partial charge in [-0.2, -0.15) is 65.9 Å². The van der Waals surface area contributed by atoms with Crippen LogP contribution >= 0.6 is 11.6 Å². The van der Waals surface area contributed by atoms with Gasteiger partial charge >= 0.3 is 54.8 Å². The number of hydrogen-bond donors (Lipinski definition) is 1. The van der Waals surface area contributed by atoms with Crippen LogP contribution in [0.15, 0.2) is 18.2 Å². The number of carbonyl (C=O) groups is 2. The maximum atomic E-state index is 14.0. The molecule has 0 bridgehead atoms. The van der Waals surface area contributed by atoms with Crippen molar-refractivity contribution in [3.63, 3.8) is 0 Å². The Bertz CT molecular complexity index is 1090. The molecular weight excluding hydrogens is 628 g/mol. The first kappa shape index (κ1) is 34.3. The minimum absolute atomic E-state index is 0.0182. The molecule has 1 aromatic carbocycles. The summed E-state index contributed by atoms with van der Waals surface area (Å²) in [6.45, 7) is 0. The van der Waals surface area contributed by atoms with Crippen molar-refractivity contribution in [1.29, 1.82) is 0 Å². The number of alkyl halides is 16. The van der Waals surface area contributed by atoms with Crippen molar-refractivity contribution in [2.24, 2.45) is 0 Å². The highest BCUT2D eigenvalue weighted by Gasteiger charge is 2.84. The Labute approximate surface area is 206 Å². The Morgan fingerprint density at radius 1 is 0.795 bits per heavy atom. The molecule has 0 aliphatic rings. The van der Waals surface area contributed by atoms with Crippen LogP contribution in [0.5, 0.6) is 5.75 Å². The maximum absolute atomic E-state index is 14.0. The second-order valence-electron chi connectivity index (χ2n) is 6.69. The Morgan fingerprint density at radius 3 is 1.67 bits per heavy atom. The van der Waals surface area contributed by atoms with Crippen molar-refractivity contribution < 1.29 is 99.2 Å². The van der Waals surface area contributed by atoms with E-state index in [0.29, 0.717) is 6.07 Å². The average molecular weight is 633 g/mol. The molecule has 0 aliphatic carbocycles. The average Bonchev–Trinajstić information content (AvgIpc) is 2.70. The molecule has 2 unspecified atom stereocenters. The first-order valence-electron chi connectivity index (χ1n) is 8.66. The molecule has 23 heteroatoms. The van der Waals surface area contributed by atoms with Gasteiger partial charge in [-0.3, -0.25) is 14.3 Å². The van der Waals surface area contributed by atoms with Gasteiger partial charge in [0.05, 0.1) is 0 Å². The fourth-order valence-electron chi connectivity index (χ4n) is 2.06. The van der Waals surface area contributed by atoms with Crippen molar-refractivity contribution in [2.75, 3.05) is 0 Å². The summed E-state index contributed by atoms with van der Waals surface area (Å²) in [4.78, 5) is 22.1. The monoisotopic (exact) mass is 632 g/mol. The minimum atomic E-state index is -7.89. The summed E-state index contributed by atoms with van der Waals surface area (Å²) in [6.07, 6.45) is -42.6. The summed E-state index contributed by atoms with van der Waals surface area (Å²) in [7, 11) is 0. The van der Waals surface area contributed by atoms with Crippen LogP contribution in [0.4, 0.5) is 70.2 Å². The van der Waals surface area contributed by atoms with Gasteiger partial charge in [0.1, 0.15) is 11.3 Å². The van der Waals surface area contributed by atoms with E-state index < -0.39 is 76.9 Å². The molecule has 0 aromatic heterocycles. The first-order valence-corrected chi connectivity index (χ1v) is 9.03. The van der Waals surface area contributed by atoms with Crippen LogP contribution < -0.4 is 4.74 Å². The molecule has 1 N–H and O–H groups in total. The van der Waals surface area contributed by atoms with Gasteiger partial charge in [-0.05, 0) is 29.8 Å². The van der Waals surface area contributed by atoms with Gasteiger partial charge in [-0.1, -0.05) is 0 Å². The highest BCUT2D eigenvalue weighted by atomic mass is 35.5. The van der Waals surface area contributed by atoms with Crippen molar-refractivity contribution in [2.45, 2.75) is 48.8 Å². The summed E-state index contributed by atoms with van der Waals surface area (Å²) in [5, 5.41) is 7.31. The molecule has 6 nitrogen and oxygen atoms in total. The molecule has 224 valence electrons. The number of carbonyl (C=O) groups excluding carboxylic acids is 1. The molecule has 0 heterocycles. The van der Waals surface area contributed by atoms with Crippen molar-refractivity contribution in [1.82, 2.24) is 0 Å².